The standard InChI is InChI=1S/C32H48O4/c1-19-13-15-32(34-18-19)20(2)27-25(36-32)16-24-22-12-11-21-10-8-9-14-30(21,6)23(22)17-26(31(24,27)7)35-28(33)29(3,4)5/h8-9,16,19-23,25-27H,10-15,17-18H2,1-7H3/t19-,20-,21+,22+,23-,25-,26-,27-,30-,31+,32+/m0/s1. The zero-order valence-electron chi connectivity index (χ0n) is 23.6. The summed E-state index contributed by atoms with van der Waals surface area (Å²) in [5.41, 5.74) is 1.11. The van der Waals surface area contributed by atoms with E-state index in [4.69, 9.17) is 14.2 Å². The molecular weight excluding hydrogens is 448 g/mol. The lowest BCUT2D eigenvalue weighted by molar-refractivity contribution is -0.265. The third-order valence-corrected chi connectivity index (χ3v) is 11.8. The molecule has 2 heterocycles. The second kappa shape index (κ2) is 8.18. The fourth-order valence-corrected chi connectivity index (χ4v) is 9.51. The monoisotopic (exact) mass is 496 g/mol. The molecule has 0 radical (unpaired) electrons. The van der Waals surface area contributed by atoms with Gasteiger partial charge in [-0.25, -0.2) is 0 Å². The first kappa shape index (κ1) is 25.2. The topological polar surface area (TPSA) is 44.8 Å². The zero-order valence-corrected chi connectivity index (χ0v) is 23.6. The van der Waals surface area contributed by atoms with Crippen molar-refractivity contribution < 1.29 is 19.0 Å². The quantitative estimate of drug-likeness (QED) is 0.287. The van der Waals surface area contributed by atoms with Gasteiger partial charge in [-0.2, -0.15) is 0 Å². The van der Waals surface area contributed by atoms with Crippen LogP contribution in [0.3, 0.4) is 0 Å². The lowest BCUT2D eigenvalue weighted by atomic mass is 9.45. The average Bonchev–Trinajstić information content (AvgIpc) is 3.26. The minimum absolute atomic E-state index is 0.0553. The molecule has 6 rings (SSSR count). The molecule has 36 heavy (non-hydrogen) atoms. The van der Waals surface area contributed by atoms with Gasteiger partial charge in [0.1, 0.15) is 6.10 Å². The van der Waals surface area contributed by atoms with Crippen molar-refractivity contribution in [3.8, 4) is 0 Å². The molecule has 0 aromatic heterocycles. The van der Waals surface area contributed by atoms with E-state index in [1.807, 2.05) is 20.8 Å². The molecule has 4 heteroatoms. The second-order valence-corrected chi connectivity index (χ2v) is 14.9. The van der Waals surface area contributed by atoms with Crippen LogP contribution in [0.25, 0.3) is 0 Å². The molecule has 0 bridgehead atoms. The van der Waals surface area contributed by atoms with Gasteiger partial charge < -0.3 is 14.2 Å². The van der Waals surface area contributed by atoms with Crippen LogP contribution in [0.15, 0.2) is 23.8 Å². The van der Waals surface area contributed by atoms with Crippen molar-refractivity contribution in [1.82, 2.24) is 0 Å². The van der Waals surface area contributed by atoms with Crippen LogP contribution in [0, 0.1) is 51.8 Å². The maximum Gasteiger partial charge on any atom is 0.311 e. The maximum absolute atomic E-state index is 13.4. The van der Waals surface area contributed by atoms with Gasteiger partial charge in [-0.05, 0) is 88.4 Å². The Morgan fingerprint density at radius 3 is 2.58 bits per heavy atom. The SMILES string of the molecule is C[C@H]1CC[C@@]2(OC1)O[C@H]1C=C3[C@@H]4CC[C@H]5CC=CC[C@]5(C)[C@H]4C[C@H](OC(=O)C(C)(C)C)[C@]3(C)[C@H]1[C@@H]2C. The highest BCUT2D eigenvalue weighted by Crippen LogP contribution is 2.69. The summed E-state index contributed by atoms with van der Waals surface area (Å²) in [6.07, 6.45) is 15.2. The Balaban J connectivity index is 1.40. The van der Waals surface area contributed by atoms with Crippen molar-refractivity contribution in [2.45, 2.75) is 111 Å². The van der Waals surface area contributed by atoms with E-state index < -0.39 is 11.2 Å². The number of ether oxygens (including phenoxy) is 3. The molecule has 4 nitrogen and oxygen atoms in total. The van der Waals surface area contributed by atoms with Crippen molar-refractivity contribution >= 4 is 5.97 Å². The van der Waals surface area contributed by atoms with Gasteiger partial charge in [0.15, 0.2) is 5.79 Å². The second-order valence-electron chi connectivity index (χ2n) is 14.9. The minimum atomic E-state index is -0.511. The average molecular weight is 497 g/mol. The van der Waals surface area contributed by atoms with Gasteiger partial charge in [0.2, 0.25) is 0 Å². The highest BCUT2D eigenvalue weighted by atomic mass is 16.7. The first-order valence-corrected chi connectivity index (χ1v) is 14.8. The summed E-state index contributed by atoms with van der Waals surface area (Å²) in [4.78, 5) is 13.4. The van der Waals surface area contributed by atoms with Crippen LogP contribution in [0.2, 0.25) is 0 Å². The van der Waals surface area contributed by atoms with E-state index in [-0.39, 0.29) is 40.8 Å². The third kappa shape index (κ3) is 3.42. The van der Waals surface area contributed by atoms with Gasteiger partial charge in [0.25, 0.3) is 0 Å². The summed E-state index contributed by atoms with van der Waals surface area (Å²) < 4.78 is 20.0. The Kier molecular flexibility index (Phi) is 5.72. The van der Waals surface area contributed by atoms with Crippen molar-refractivity contribution in [3.05, 3.63) is 23.8 Å². The Bertz CT molecular complexity index is 965. The van der Waals surface area contributed by atoms with Gasteiger partial charge in [-0.15, -0.1) is 0 Å². The van der Waals surface area contributed by atoms with Crippen LogP contribution < -0.4 is 0 Å². The van der Waals surface area contributed by atoms with E-state index in [9.17, 15) is 4.79 Å². The Labute approximate surface area is 218 Å². The van der Waals surface area contributed by atoms with Crippen LogP contribution in [0.5, 0.6) is 0 Å². The Morgan fingerprint density at radius 1 is 1.11 bits per heavy atom. The molecule has 4 aliphatic carbocycles. The predicted molar refractivity (Wildman–Crippen MR) is 141 cm³/mol. The van der Waals surface area contributed by atoms with E-state index in [1.54, 1.807) is 5.57 Å². The number of fused-ring (bicyclic) bond motifs is 7. The molecule has 2 saturated heterocycles. The summed E-state index contributed by atoms with van der Waals surface area (Å²) >= 11 is 0. The molecule has 4 fully saturated rings. The van der Waals surface area contributed by atoms with Crippen LogP contribution in [-0.2, 0) is 19.0 Å². The molecule has 0 aromatic carbocycles. The largest absolute Gasteiger partial charge is 0.461 e. The summed E-state index contributed by atoms with van der Waals surface area (Å²) in [5.74, 6) is 2.45. The van der Waals surface area contributed by atoms with Crippen molar-refractivity contribution in [2.24, 2.45) is 51.8 Å². The summed E-state index contributed by atoms with van der Waals surface area (Å²) in [7, 11) is 0. The highest BCUT2D eigenvalue weighted by molar-refractivity contribution is 5.75. The number of carbonyl (C=O) groups excluding carboxylic acids is 1. The van der Waals surface area contributed by atoms with Gasteiger partial charge in [-0.1, -0.05) is 51.5 Å². The van der Waals surface area contributed by atoms with Crippen LogP contribution in [0.4, 0.5) is 0 Å². The summed E-state index contributed by atoms with van der Waals surface area (Å²) in [6, 6.07) is 0. The van der Waals surface area contributed by atoms with Gasteiger partial charge in [0.05, 0.1) is 18.1 Å². The normalized spacial score (nSPS) is 51.7. The lowest BCUT2D eigenvalue weighted by Gasteiger charge is -2.60. The number of allylic oxidation sites excluding steroid dienone is 2. The molecule has 6 aliphatic rings. The lowest BCUT2D eigenvalue weighted by Crippen LogP contribution is -2.57. The number of hydrogen-bond acceptors (Lipinski definition) is 4. The van der Waals surface area contributed by atoms with E-state index in [0.29, 0.717) is 17.8 Å². The van der Waals surface area contributed by atoms with Gasteiger partial charge in [-0.3, -0.25) is 4.79 Å². The van der Waals surface area contributed by atoms with E-state index in [1.165, 1.54) is 19.3 Å². The van der Waals surface area contributed by atoms with Crippen LogP contribution in [-0.4, -0.2) is 30.6 Å². The van der Waals surface area contributed by atoms with E-state index in [0.717, 1.165) is 38.2 Å². The summed E-state index contributed by atoms with van der Waals surface area (Å²) in [6.45, 7) is 16.3. The molecule has 200 valence electrons. The number of rotatable bonds is 1. The van der Waals surface area contributed by atoms with E-state index >= 15 is 0 Å². The Morgan fingerprint density at radius 2 is 1.89 bits per heavy atom. The fraction of sp³-hybridized carbons (Fsp3) is 0.844. The van der Waals surface area contributed by atoms with Gasteiger partial charge in [0, 0.05) is 23.7 Å². The molecule has 0 N–H and O–H groups in total. The van der Waals surface area contributed by atoms with E-state index in [2.05, 4.69) is 45.9 Å². The fourth-order valence-electron chi connectivity index (χ4n) is 9.51. The van der Waals surface area contributed by atoms with Gasteiger partial charge >= 0.3 is 5.97 Å². The Hall–Kier alpha value is -1.13. The van der Waals surface area contributed by atoms with Crippen LogP contribution >= 0.6 is 0 Å². The molecule has 0 amide bonds. The highest BCUT2D eigenvalue weighted by Gasteiger charge is 2.69. The molecule has 2 saturated carbocycles. The first-order valence-electron chi connectivity index (χ1n) is 14.8. The zero-order chi connectivity index (χ0) is 25.7. The maximum atomic E-state index is 13.4. The number of hydrogen-bond donors (Lipinski definition) is 0. The molecule has 1 spiro atoms. The number of esters is 1. The third-order valence-electron chi connectivity index (χ3n) is 11.8. The van der Waals surface area contributed by atoms with Crippen molar-refractivity contribution in [1.29, 1.82) is 0 Å². The van der Waals surface area contributed by atoms with Crippen molar-refractivity contribution in [3.63, 3.8) is 0 Å². The molecule has 11 atom stereocenters. The molecule has 2 aliphatic heterocycles. The predicted octanol–water partition coefficient (Wildman–Crippen LogP) is 7.09. The molecular formula is C32H48O4. The van der Waals surface area contributed by atoms with Crippen LogP contribution in [0.1, 0.15) is 93.4 Å². The summed E-state index contributed by atoms with van der Waals surface area (Å²) in [5, 5.41) is 0. The number of carbonyl (C=O) groups is 1. The molecule has 0 unspecified atom stereocenters. The smallest absolute Gasteiger partial charge is 0.311 e. The van der Waals surface area contributed by atoms with Crippen molar-refractivity contribution in [2.75, 3.05) is 6.61 Å². The minimum Gasteiger partial charge on any atom is -0.461 e. The first-order chi connectivity index (χ1) is 16.9. The molecule has 0 aromatic rings.